The van der Waals surface area contributed by atoms with E-state index in [-0.39, 0.29) is 21.3 Å². The average Bonchev–Trinajstić information content (AvgIpc) is 2.82. The standard InChI is InChI=1S/C24H20N2O7S2/c27-19-5-1-17(2-6-19)25-34(29,30)23-13-9-21(10-14-23)33-22-11-15-24(16-12-22)35(31,32)26-18-3-7-20(28)8-4-18/h1-16,25-28H. The topological polar surface area (TPSA) is 142 Å². The Morgan fingerprint density at radius 2 is 0.800 bits per heavy atom. The van der Waals surface area contributed by atoms with Crippen LogP contribution in [-0.2, 0) is 20.0 Å². The van der Waals surface area contributed by atoms with Gasteiger partial charge in [-0.15, -0.1) is 0 Å². The number of phenols is 2. The van der Waals surface area contributed by atoms with Gasteiger partial charge in [0.05, 0.1) is 9.79 Å². The van der Waals surface area contributed by atoms with E-state index in [0.717, 1.165) is 0 Å². The summed E-state index contributed by atoms with van der Waals surface area (Å²) in [6, 6.07) is 22.6. The molecule has 11 heteroatoms. The van der Waals surface area contributed by atoms with Gasteiger partial charge in [-0.25, -0.2) is 16.8 Å². The molecule has 0 saturated carbocycles. The lowest BCUT2D eigenvalue weighted by molar-refractivity contribution is 0.475. The van der Waals surface area contributed by atoms with Gasteiger partial charge in [0.25, 0.3) is 20.0 Å². The molecule has 0 aromatic heterocycles. The van der Waals surface area contributed by atoms with Crippen LogP contribution in [0.15, 0.2) is 107 Å². The maximum Gasteiger partial charge on any atom is 0.261 e. The molecule has 4 aromatic carbocycles. The van der Waals surface area contributed by atoms with Crippen LogP contribution in [0.25, 0.3) is 0 Å². The van der Waals surface area contributed by atoms with Crippen LogP contribution in [0, 0.1) is 0 Å². The molecule has 0 heterocycles. The van der Waals surface area contributed by atoms with Crippen molar-refractivity contribution >= 4 is 31.4 Å². The van der Waals surface area contributed by atoms with E-state index >= 15 is 0 Å². The number of anilines is 2. The summed E-state index contributed by atoms with van der Waals surface area (Å²) in [4.78, 5) is 0.0272. The van der Waals surface area contributed by atoms with E-state index in [0.29, 0.717) is 22.9 Å². The lowest BCUT2D eigenvalue weighted by Crippen LogP contribution is -2.12. The summed E-state index contributed by atoms with van der Waals surface area (Å²) in [5, 5.41) is 18.6. The van der Waals surface area contributed by atoms with Gasteiger partial charge in [0.15, 0.2) is 0 Å². The van der Waals surface area contributed by atoms with E-state index < -0.39 is 20.0 Å². The summed E-state index contributed by atoms with van der Waals surface area (Å²) in [6.07, 6.45) is 0. The third-order valence-electron chi connectivity index (χ3n) is 4.74. The highest BCUT2D eigenvalue weighted by molar-refractivity contribution is 7.93. The lowest BCUT2D eigenvalue weighted by Gasteiger charge is -2.11. The van der Waals surface area contributed by atoms with E-state index in [4.69, 9.17) is 4.74 Å². The maximum atomic E-state index is 12.5. The number of rotatable bonds is 8. The van der Waals surface area contributed by atoms with Gasteiger partial charge in [0.1, 0.15) is 23.0 Å². The second-order valence-corrected chi connectivity index (χ2v) is 10.7. The zero-order valence-electron chi connectivity index (χ0n) is 18.0. The molecule has 9 nitrogen and oxygen atoms in total. The van der Waals surface area contributed by atoms with Crippen LogP contribution in [0.5, 0.6) is 23.0 Å². The molecule has 0 amide bonds. The molecular formula is C24H20N2O7S2. The number of hydrogen-bond donors (Lipinski definition) is 4. The molecule has 4 aromatic rings. The first-order valence-corrected chi connectivity index (χ1v) is 13.1. The Kier molecular flexibility index (Phi) is 6.54. The fraction of sp³-hybridized carbons (Fsp3) is 0. The second-order valence-electron chi connectivity index (χ2n) is 7.35. The van der Waals surface area contributed by atoms with Crippen molar-refractivity contribution in [3.63, 3.8) is 0 Å². The summed E-state index contributed by atoms with van der Waals surface area (Å²) >= 11 is 0. The number of sulfonamides is 2. The van der Waals surface area contributed by atoms with Crippen molar-refractivity contribution in [2.45, 2.75) is 9.79 Å². The zero-order valence-corrected chi connectivity index (χ0v) is 19.6. The summed E-state index contributed by atoms with van der Waals surface area (Å²) in [7, 11) is -7.68. The molecule has 0 unspecified atom stereocenters. The molecular weight excluding hydrogens is 492 g/mol. The molecule has 0 saturated heterocycles. The number of hydrogen-bond acceptors (Lipinski definition) is 7. The molecule has 4 N–H and O–H groups in total. The molecule has 0 spiro atoms. The monoisotopic (exact) mass is 512 g/mol. The molecule has 0 aliphatic heterocycles. The Balaban J connectivity index is 1.42. The summed E-state index contributed by atoms with van der Waals surface area (Å²) in [6.45, 7) is 0. The van der Waals surface area contributed by atoms with Crippen molar-refractivity contribution in [2.75, 3.05) is 9.44 Å². The van der Waals surface area contributed by atoms with E-state index in [1.165, 1.54) is 97.1 Å². The molecule has 0 aliphatic rings. The first-order chi connectivity index (χ1) is 16.6. The third-order valence-corrected chi connectivity index (χ3v) is 7.54. The number of aromatic hydroxyl groups is 2. The minimum absolute atomic E-state index is 0.0136. The van der Waals surface area contributed by atoms with E-state index in [2.05, 4.69) is 9.44 Å². The van der Waals surface area contributed by atoms with Crippen LogP contribution < -0.4 is 14.2 Å². The van der Waals surface area contributed by atoms with Crippen LogP contribution in [0.3, 0.4) is 0 Å². The van der Waals surface area contributed by atoms with Gasteiger partial charge in [-0.1, -0.05) is 0 Å². The molecule has 0 radical (unpaired) electrons. The van der Waals surface area contributed by atoms with Crippen LogP contribution in [-0.4, -0.2) is 27.0 Å². The maximum absolute atomic E-state index is 12.5. The Hall–Kier alpha value is -4.22. The smallest absolute Gasteiger partial charge is 0.261 e. The molecule has 0 aliphatic carbocycles. The first-order valence-electron chi connectivity index (χ1n) is 10.1. The highest BCUT2D eigenvalue weighted by Crippen LogP contribution is 2.26. The number of nitrogens with one attached hydrogen (secondary N) is 2. The van der Waals surface area contributed by atoms with Gasteiger partial charge in [-0.05, 0) is 97.1 Å². The van der Waals surface area contributed by atoms with Crippen molar-refractivity contribution in [1.82, 2.24) is 0 Å². The Morgan fingerprint density at radius 3 is 1.11 bits per heavy atom. The largest absolute Gasteiger partial charge is 0.508 e. The summed E-state index contributed by atoms with van der Waals surface area (Å²) in [5.74, 6) is 0.750. The van der Waals surface area contributed by atoms with Gasteiger partial charge in [0.2, 0.25) is 0 Å². The van der Waals surface area contributed by atoms with Crippen molar-refractivity contribution in [2.24, 2.45) is 0 Å². The van der Waals surface area contributed by atoms with Crippen LogP contribution in [0.1, 0.15) is 0 Å². The minimum atomic E-state index is -3.84. The van der Waals surface area contributed by atoms with E-state index in [1.54, 1.807) is 0 Å². The zero-order chi connectivity index (χ0) is 25.1. The normalized spacial score (nSPS) is 11.5. The van der Waals surface area contributed by atoms with Crippen molar-refractivity contribution < 1.29 is 31.8 Å². The van der Waals surface area contributed by atoms with Crippen LogP contribution >= 0.6 is 0 Å². The molecule has 35 heavy (non-hydrogen) atoms. The molecule has 0 fully saturated rings. The predicted molar refractivity (Wildman–Crippen MR) is 131 cm³/mol. The number of benzene rings is 4. The molecule has 180 valence electrons. The van der Waals surface area contributed by atoms with Gasteiger partial charge in [0, 0.05) is 11.4 Å². The highest BCUT2D eigenvalue weighted by Gasteiger charge is 2.16. The fourth-order valence-corrected chi connectivity index (χ4v) is 5.11. The average molecular weight is 513 g/mol. The molecule has 4 rings (SSSR count). The number of phenolic OH excluding ortho intramolecular Hbond substituents is 2. The van der Waals surface area contributed by atoms with Gasteiger partial charge in [-0.3, -0.25) is 9.44 Å². The minimum Gasteiger partial charge on any atom is -0.508 e. The first kappa shape index (κ1) is 23.9. The molecule has 0 atom stereocenters. The lowest BCUT2D eigenvalue weighted by atomic mass is 10.3. The van der Waals surface area contributed by atoms with E-state index in [9.17, 15) is 27.0 Å². The second kappa shape index (κ2) is 9.57. The highest BCUT2D eigenvalue weighted by atomic mass is 32.2. The fourth-order valence-electron chi connectivity index (χ4n) is 3.00. The van der Waals surface area contributed by atoms with E-state index in [1.807, 2.05) is 0 Å². The van der Waals surface area contributed by atoms with Gasteiger partial charge in [-0.2, -0.15) is 0 Å². The third kappa shape index (κ3) is 6.02. The van der Waals surface area contributed by atoms with Crippen molar-refractivity contribution in [1.29, 1.82) is 0 Å². The van der Waals surface area contributed by atoms with Crippen LogP contribution in [0.2, 0.25) is 0 Å². The quantitative estimate of drug-likeness (QED) is 0.255. The van der Waals surface area contributed by atoms with Crippen LogP contribution in [0.4, 0.5) is 11.4 Å². The summed E-state index contributed by atoms with van der Waals surface area (Å²) < 4.78 is 60.7. The van der Waals surface area contributed by atoms with Gasteiger partial charge >= 0.3 is 0 Å². The Morgan fingerprint density at radius 1 is 0.486 bits per heavy atom. The molecule has 0 bridgehead atoms. The SMILES string of the molecule is O=S(=O)(Nc1ccc(O)cc1)c1ccc(Oc2ccc(S(=O)(=O)Nc3ccc(O)cc3)cc2)cc1. The van der Waals surface area contributed by atoms with Crippen molar-refractivity contribution in [3.05, 3.63) is 97.1 Å². The predicted octanol–water partition coefficient (Wildman–Crippen LogP) is 4.49. The van der Waals surface area contributed by atoms with Crippen molar-refractivity contribution in [3.8, 4) is 23.0 Å². The Bertz CT molecular complexity index is 1400. The van der Waals surface area contributed by atoms with Gasteiger partial charge < -0.3 is 14.9 Å². The Labute approximate surface area is 202 Å². The number of ether oxygens (including phenoxy) is 1. The summed E-state index contributed by atoms with van der Waals surface area (Å²) in [5.41, 5.74) is 0.608.